The van der Waals surface area contributed by atoms with E-state index in [-0.39, 0.29) is 11.6 Å². The highest BCUT2D eigenvalue weighted by atomic mass is 16.7. The Hall–Kier alpha value is -1.53. The Morgan fingerprint density at radius 3 is 2.35 bits per heavy atom. The Morgan fingerprint density at radius 1 is 1.24 bits per heavy atom. The first kappa shape index (κ1) is 13.5. The summed E-state index contributed by atoms with van der Waals surface area (Å²) in [5, 5.41) is 0. The van der Waals surface area contributed by atoms with E-state index in [1.807, 2.05) is 0 Å². The summed E-state index contributed by atoms with van der Waals surface area (Å²) in [7, 11) is 1.43. The zero-order chi connectivity index (χ0) is 12.7. The molecule has 6 heteroatoms. The lowest BCUT2D eigenvalue weighted by atomic mass is 10.2. The topological polar surface area (TPSA) is 70.5 Å². The van der Waals surface area contributed by atoms with Crippen LogP contribution in [-0.4, -0.2) is 42.4 Å². The number of aromatic nitrogens is 2. The number of nitrogens with zero attached hydrogens (tertiary/aromatic N) is 2. The van der Waals surface area contributed by atoms with Gasteiger partial charge in [0.2, 0.25) is 18.0 Å². The van der Waals surface area contributed by atoms with E-state index < -0.39 is 12.1 Å². The number of ketones is 1. The van der Waals surface area contributed by atoms with Gasteiger partial charge < -0.3 is 14.2 Å². The lowest BCUT2D eigenvalue weighted by Gasteiger charge is -2.15. The molecule has 17 heavy (non-hydrogen) atoms. The van der Waals surface area contributed by atoms with Crippen LogP contribution in [0, 0.1) is 0 Å². The second-order valence-electron chi connectivity index (χ2n) is 3.02. The van der Waals surface area contributed by atoms with Crippen LogP contribution in [0.5, 0.6) is 5.88 Å². The quantitative estimate of drug-likeness (QED) is 0.524. The highest BCUT2D eigenvalue weighted by Crippen LogP contribution is 2.14. The molecule has 0 aliphatic rings. The van der Waals surface area contributed by atoms with E-state index in [0.717, 1.165) is 0 Å². The van der Waals surface area contributed by atoms with Gasteiger partial charge in [0.25, 0.3) is 0 Å². The predicted octanol–water partition coefficient (Wildman–Crippen LogP) is 1.07. The van der Waals surface area contributed by atoms with Gasteiger partial charge in [0.15, 0.2) is 5.69 Å². The van der Waals surface area contributed by atoms with Crippen LogP contribution in [0.4, 0.5) is 0 Å². The van der Waals surface area contributed by atoms with Gasteiger partial charge in [-0.2, -0.15) is 0 Å². The third-order valence-corrected chi connectivity index (χ3v) is 1.94. The van der Waals surface area contributed by atoms with Crippen molar-refractivity contribution < 1.29 is 19.0 Å². The lowest BCUT2D eigenvalue weighted by molar-refractivity contribution is -0.107. The molecule has 0 unspecified atom stereocenters. The first-order chi connectivity index (χ1) is 8.24. The average Bonchev–Trinajstić information content (AvgIpc) is 2.37. The molecule has 0 bridgehead atoms. The monoisotopic (exact) mass is 240 g/mol. The molecular weight excluding hydrogens is 224 g/mol. The number of hydrogen-bond acceptors (Lipinski definition) is 6. The van der Waals surface area contributed by atoms with Gasteiger partial charge in [0.05, 0.1) is 7.11 Å². The SMILES string of the molecule is CCOC(OCC)C(=O)c1nccnc1OC. The van der Waals surface area contributed by atoms with Crippen molar-refractivity contribution in [1.82, 2.24) is 9.97 Å². The Labute approximate surface area is 99.9 Å². The van der Waals surface area contributed by atoms with Crippen LogP contribution in [0.15, 0.2) is 12.4 Å². The standard InChI is InChI=1S/C11H16N2O4/c1-4-16-11(17-5-2)9(14)8-10(15-3)13-7-6-12-8/h6-7,11H,4-5H2,1-3H3. The van der Waals surface area contributed by atoms with Gasteiger partial charge in [-0.25, -0.2) is 9.97 Å². The van der Waals surface area contributed by atoms with E-state index in [1.54, 1.807) is 13.8 Å². The summed E-state index contributed by atoms with van der Waals surface area (Å²) in [5.74, 6) is -0.222. The molecule has 0 N–H and O–H groups in total. The molecule has 0 aliphatic carbocycles. The molecular formula is C11H16N2O4. The minimum atomic E-state index is -0.962. The van der Waals surface area contributed by atoms with Gasteiger partial charge in [-0.15, -0.1) is 0 Å². The summed E-state index contributed by atoms with van der Waals surface area (Å²) in [6.45, 7) is 4.32. The molecule has 1 aromatic rings. The zero-order valence-corrected chi connectivity index (χ0v) is 10.2. The van der Waals surface area contributed by atoms with Crippen LogP contribution in [0.3, 0.4) is 0 Å². The van der Waals surface area contributed by atoms with Crippen LogP contribution in [-0.2, 0) is 9.47 Å². The first-order valence-corrected chi connectivity index (χ1v) is 5.37. The van der Waals surface area contributed by atoms with Crippen molar-refractivity contribution in [3.05, 3.63) is 18.1 Å². The number of rotatable bonds is 7. The van der Waals surface area contributed by atoms with E-state index in [4.69, 9.17) is 14.2 Å². The van der Waals surface area contributed by atoms with Gasteiger partial charge in [0, 0.05) is 25.6 Å². The minimum Gasteiger partial charge on any atom is -0.479 e. The summed E-state index contributed by atoms with van der Waals surface area (Å²) in [5.41, 5.74) is 0.113. The van der Waals surface area contributed by atoms with Gasteiger partial charge >= 0.3 is 0 Å². The highest BCUT2D eigenvalue weighted by Gasteiger charge is 2.25. The third kappa shape index (κ3) is 3.47. The molecule has 1 heterocycles. The molecule has 0 atom stereocenters. The van der Waals surface area contributed by atoms with Crippen molar-refractivity contribution in [1.29, 1.82) is 0 Å². The first-order valence-electron chi connectivity index (χ1n) is 5.37. The van der Waals surface area contributed by atoms with E-state index in [1.165, 1.54) is 19.5 Å². The normalized spacial score (nSPS) is 10.6. The van der Waals surface area contributed by atoms with Crippen molar-refractivity contribution in [2.45, 2.75) is 20.1 Å². The lowest BCUT2D eigenvalue weighted by Crippen LogP contribution is -2.29. The number of methoxy groups -OCH3 is 1. The molecule has 1 aromatic heterocycles. The summed E-state index contributed by atoms with van der Waals surface area (Å²) in [6.07, 6.45) is 1.91. The predicted molar refractivity (Wildman–Crippen MR) is 60.0 cm³/mol. The van der Waals surface area contributed by atoms with Gasteiger partial charge in [-0.3, -0.25) is 4.79 Å². The third-order valence-electron chi connectivity index (χ3n) is 1.94. The summed E-state index contributed by atoms with van der Waals surface area (Å²) in [4.78, 5) is 19.9. The Kier molecular flexibility index (Phi) is 5.51. The van der Waals surface area contributed by atoms with E-state index in [0.29, 0.717) is 13.2 Å². The number of hydrogen-bond donors (Lipinski definition) is 0. The van der Waals surface area contributed by atoms with Gasteiger partial charge in [0.1, 0.15) is 0 Å². The summed E-state index contributed by atoms with van der Waals surface area (Å²) < 4.78 is 15.4. The van der Waals surface area contributed by atoms with Crippen LogP contribution >= 0.6 is 0 Å². The maximum atomic E-state index is 12.1. The largest absolute Gasteiger partial charge is 0.479 e. The summed E-state index contributed by atoms with van der Waals surface area (Å²) >= 11 is 0. The van der Waals surface area contributed by atoms with Crippen molar-refractivity contribution in [2.24, 2.45) is 0 Å². The zero-order valence-electron chi connectivity index (χ0n) is 10.2. The molecule has 0 aromatic carbocycles. The van der Waals surface area contributed by atoms with Gasteiger partial charge in [-0.05, 0) is 13.8 Å². The number of carbonyl (C=O) groups is 1. The van der Waals surface area contributed by atoms with Crippen molar-refractivity contribution >= 4 is 5.78 Å². The van der Waals surface area contributed by atoms with E-state index >= 15 is 0 Å². The second kappa shape index (κ2) is 6.93. The molecule has 94 valence electrons. The Morgan fingerprint density at radius 2 is 1.82 bits per heavy atom. The fourth-order valence-electron chi connectivity index (χ4n) is 1.26. The Balaban J connectivity index is 2.92. The molecule has 0 saturated heterocycles. The minimum absolute atomic E-state index is 0.113. The highest BCUT2D eigenvalue weighted by molar-refractivity contribution is 5.98. The molecule has 6 nitrogen and oxygen atoms in total. The second-order valence-corrected chi connectivity index (χ2v) is 3.02. The van der Waals surface area contributed by atoms with Crippen LogP contribution < -0.4 is 4.74 Å². The van der Waals surface area contributed by atoms with E-state index in [2.05, 4.69) is 9.97 Å². The van der Waals surface area contributed by atoms with Crippen LogP contribution in [0.1, 0.15) is 24.3 Å². The molecule has 0 amide bonds. The average molecular weight is 240 g/mol. The molecule has 0 saturated carbocycles. The van der Waals surface area contributed by atoms with Crippen molar-refractivity contribution in [3.63, 3.8) is 0 Å². The molecule has 0 aliphatic heterocycles. The molecule has 0 fully saturated rings. The molecule has 0 spiro atoms. The fraction of sp³-hybridized carbons (Fsp3) is 0.545. The van der Waals surface area contributed by atoms with Crippen LogP contribution in [0.25, 0.3) is 0 Å². The maximum Gasteiger partial charge on any atom is 0.243 e. The smallest absolute Gasteiger partial charge is 0.243 e. The van der Waals surface area contributed by atoms with Crippen LogP contribution in [0.2, 0.25) is 0 Å². The number of carbonyl (C=O) groups excluding carboxylic acids is 1. The Bertz CT molecular complexity index is 364. The van der Waals surface area contributed by atoms with E-state index in [9.17, 15) is 4.79 Å². The van der Waals surface area contributed by atoms with Crippen molar-refractivity contribution in [2.75, 3.05) is 20.3 Å². The number of Topliss-reactive ketones (excluding diaryl/α,β-unsaturated/α-hetero) is 1. The maximum absolute atomic E-state index is 12.1. The van der Waals surface area contributed by atoms with Gasteiger partial charge in [-0.1, -0.05) is 0 Å². The molecule has 1 rings (SSSR count). The summed E-state index contributed by atoms with van der Waals surface area (Å²) in [6, 6.07) is 0. The van der Waals surface area contributed by atoms with Crippen molar-refractivity contribution in [3.8, 4) is 5.88 Å². The number of ether oxygens (including phenoxy) is 3. The fourth-order valence-corrected chi connectivity index (χ4v) is 1.26. The molecule has 0 radical (unpaired) electrons.